The third kappa shape index (κ3) is 6.15. The van der Waals surface area contributed by atoms with E-state index >= 15 is 0 Å². The average molecular weight is 429 g/mol. The van der Waals surface area contributed by atoms with Crippen LogP contribution in [-0.4, -0.2) is 18.6 Å². The molecule has 140 valence electrons. The fourth-order valence-corrected chi connectivity index (χ4v) is 2.82. The van der Waals surface area contributed by atoms with Crippen molar-refractivity contribution in [2.75, 3.05) is 11.9 Å². The van der Waals surface area contributed by atoms with Gasteiger partial charge in [-0.3, -0.25) is 4.79 Å². The van der Waals surface area contributed by atoms with Crippen molar-refractivity contribution in [3.05, 3.63) is 58.1 Å². The van der Waals surface area contributed by atoms with Crippen molar-refractivity contribution in [2.45, 2.75) is 26.9 Å². The number of amides is 1. The number of hydrogen-bond acceptors (Lipinski definition) is 4. The molecule has 2 aromatic rings. The number of hydrogen-bond donors (Lipinski definition) is 1. The Morgan fingerprint density at radius 2 is 2.07 bits per heavy atom. The van der Waals surface area contributed by atoms with Crippen molar-refractivity contribution in [1.82, 2.24) is 0 Å². The van der Waals surface area contributed by atoms with Gasteiger partial charge in [-0.25, -0.2) is 0 Å². The first-order chi connectivity index (χ1) is 12.9. The lowest BCUT2D eigenvalue weighted by molar-refractivity contribution is -0.112. The lowest BCUT2D eigenvalue weighted by Gasteiger charge is -2.11. The molecule has 0 saturated carbocycles. The molecule has 0 aliphatic heterocycles. The molecule has 5 nitrogen and oxygen atoms in total. The average Bonchev–Trinajstić information content (AvgIpc) is 2.61. The first-order valence-electron chi connectivity index (χ1n) is 8.55. The van der Waals surface area contributed by atoms with E-state index in [1.165, 1.54) is 6.08 Å². The molecule has 0 unspecified atom stereocenters. The highest BCUT2D eigenvalue weighted by Crippen LogP contribution is 2.27. The number of carbonyl (C=O) groups excluding carboxylic acids is 1. The number of nitrogens with zero attached hydrogens (tertiary/aromatic N) is 1. The molecule has 0 aromatic heterocycles. The summed E-state index contributed by atoms with van der Waals surface area (Å²) in [5.74, 6) is 0.879. The van der Waals surface area contributed by atoms with Crippen LogP contribution in [0.15, 0.2) is 52.5 Å². The van der Waals surface area contributed by atoms with Crippen LogP contribution in [0.3, 0.4) is 0 Å². The monoisotopic (exact) mass is 428 g/mol. The van der Waals surface area contributed by atoms with Gasteiger partial charge in [0.05, 0.1) is 17.2 Å². The normalized spacial score (nSPS) is 11.0. The number of halogens is 1. The summed E-state index contributed by atoms with van der Waals surface area (Å²) in [7, 11) is 0. The molecule has 0 atom stereocenters. The highest BCUT2D eigenvalue weighted by atomic mass is 79.9. The number of rotatable bonds is 7. The van der Waals surface area contributed by atoms with E-state index in [-0.39, 0.29) is 11.7 Å². The molecule has 0 aliphatic rings. The van der Waals surface area contributed by atoms with Crippen LogP contribution in [0, 0.1) is 11.3 Å². The Kier molecular flexibility index (Phi) is 7.44. The standard InChI is InChI=1S/C21H21BrN2O3/c1-4-26-20-9-8-15(11-19(20)22)10-16(13-23)21(25)24-17-6-5-7-18(12-17)27-14(2)3/h5-12,14H,4H2,1-3H3,(H,24,25)/b16-10-. The van der Waals surface area contributed by atoms with Crippen LogP contribution < -0.4 is 14.8 Å². The van der Waals surface area contributed by atoms with Crippen LogP contribution >= 0.6 is 15.9 Å². The lowest BCUT2D eigenvalue weighted by Crippen LogP contribution is -2.13. The van der Waals surface area contributed by atoms with Gasteiger partial charge in [0, 0.05) is 11.8 Å². The highest BCUT2D eigenvalue weighted by molar-refractivity contribution is 9.10. The van der Waals surface area contributed by atoms with E-state index in [4.69, 9.17) is 9.47 Å². The Hall–Kier alpha value is -2.78. The predicted octanol–water partition coefficient (Wildman–Crippen LogP) is 5.18. The number of ether oxygens (including phenoxy) is 2. The smallest absolute Gasteiger partial charge is 0.266 e. The molecule has 1 amide bonds. The molecule has 0 saturated heterocycles. The third-order valence-electron chi connectivity index (χ3n) is 3.40. The summed E-state index contributed by atoms with van der Waals surface area (Å²) in [6.45, 7) is 6.31. The first kappa shape index (κ1) is 20.5. The Bertz CT molecular complexity index is 885. The molecule has 0 fully saturated rings. The van der Waals surface area contributed by atoms with Gasteiger partial charge >= 0.3 is 0 Å². The summed E-state index contributed by atoms with van der Waals surface area (Å²) in [5, 5.41) is 12.1. The molecular formula is C21H21BrN2O3. The van der Waals surface area contributed by atoms with Crippen LogP contribution in [0.1, 0.15) is 26.3 Å². The molecule has 0 heterocycles. The van der Waals surface area contributed by atoms with Crippen molar-refractivity contribution in [1.29, 1.82) is 5.26 Å². The van der Waals surface area contributed by atoms with Crippen LogP contribution in [0.4, 0.5) is 5.69 Å². The van der Waals surface area contributed by atoms with E-state index in [1.807, 2.05) is 32.9 Å². The first-order valence-corrected chi connectivity index (χ1v) is 9.34. The second-order valence-electron chi connectivity index (χ2n) is 5.94. The van der Waals surface area contributed by atoms with Gasteiger partial charge in [0.15, 0.2) is 0 Å². The largest absolute Gasteiger partial charge is 0.493 e. The van der Waals surface area contributed by atoms with Gasteiger partial charge in [0.2, 0.25) is 0 Å². The van der Waals surface area contributed by atoms with Crippen LogP contribution in [-0.2, 0) is 4.79 Å². The van der Waals surface area contributed by atoms with Crippen LogP contribution in [0.25, 0.3) is 6.08 Å². The SMILES string of the molecule is CCOc1ccc(/C=C(/C#N)C(=O)Nc2cccc(OC(C)C)c2)cc1Br. The molecule has 2 aromatic carbocycles. The zero-order valence-corrected chi connectivity index (χ0v) is 17.0. The molecule has 2 rings (SSSR count). The summed E-state index contributed by atoms with van der Waals surface area (Å²) in [4.78, 5) is 12.5. The summed E-state index contributed by atoms with van der Waals surface area (Å²) < 4.78 is 11.8. The Morgan fingerprint density at radius 1 is 1.30 bits per heavy atom. The summed E-state index contributed by atoms with van der Waals surface area (Å²) in [6, 6.07) is 14.4. The third-order valence-corrected chi connectivity index (χ3v) is 4.02. The molecule has 0 spiro atoms. The number of nitrogens with one attached hydrogen (secondary N) is 1. The molecule has 27 heavy (non-hydrogen) atoms. The maximum atomic E-state index is 12.5. The van der Waals surface area contributed by atoms with Gasteiger partial charge in [0.25, 0.3) is 5.91 Å². The second-order valence-corrected chi connectivity index (χ2v) is 6.80. The van der Waals surface area contributed by atoms with Gasteiger partial charge in [-0.2, -0.15) is 5.26 Å². The topological polar surface area (TPSA) is 71.3 Å². The summed E-state index contributed by atoms with van der Waals surface area (Å²) in [5.41, 5.74) is 1.28. The minimum Gasteiger partial charge on any atom is -0.493 e. The van der Waals surface area contributed by atoms with E-state index in [9.17, 15) is 10.1 Å². The number of carbonyl (C=O) groups is 1. The fourth-order valence-electron chi connectivity index (χ4n) is 2.31. The minimum absolute atomic E-state index is 0.00115. The minimum atomic E-state index is -0.482. The number of nitriles is 1. The van der Waals surface area contributed by atoms with E-state index in [0.29, 0.717) is 29.4 Å². The number of benzene rings is 2. The lowest BCUT2D eigenvalue weighted by atomic mass is 10.1. The Morgan fingerprint density at radius 3 is 2.70 bits per heavy atom. The molecular weight excluding hydrogens is 408 g/mol. The zero-order valence-electron chi connectivity index (χ0n) is 15.5. The van der Waals surface area contributed by atoms with E-state index in [0.717, 1.165) is 4.47 Å². The molecule has 0 aliphatic carbocycles. The summed E-state index contributed by atoms with van der Waals surface area (Å²) >= 11 is 3.43. The Labute approximate surface area is 167 Å². The van der Waals surface area contributed by atoms with Crippen LogP contribution in [0.2, 0.25) is 0 Å². The zero-order chi connectivity index (χ0) is 19.8. The van der Waals surface area contributed by atoms with E-state index in [2.05, 4.69) is 21.2 Å². The molecule has 0 radical (unpaired) electrons. The molecule has 0 bridgehead atoms. The molecule has 6 heteroatoms. The Balaban J connectivity index is 2.17. The predicted molar refractivity (Wildman–Crippen MR) is 110 cm³/mol. The van der Waals surface area contributed by atoms with E-state index < -0.39 is 5.91 Å². The van der Waals surface area contributed by atoms with Crippen molar-refractivity contribution in [3.8, 4) is 17.6 Å². The van der Waals surface area contributed by atoms with Gasteiger partial charge < -0.3 is 14.8 Å². The maximum Gasteiger partial charge on any atom is 0.266 e. The van der Waals surface area contributed by atoms with Gasteiger partial charge in [-0.15, -0.1) is 0 Å². The van der Waals surface area contributed by atoms with Crippen molar-refractivity contribution in [3.63, 3.8) is 0 Å². The van der Waals surface area contributed by atoms with E-state index in [1.54, 1.807) is 36.4 Å². The summed E-state index contributed by atoms with van der Waals surface area (Å²) in [6.07, 6.45) is 1.56. The number of anilines is 1. The molecule has 1 N–H and O–H groups in total. The van der Waals surface area contributed by atoms with Crippen LogP contribution in [0.5, 0.6) is 11.5 Å². The second kappa shape index (κ2) is 9.79. The van der Waals surface area contributed by atoms with Crippen molar-refractivity contribution >= 4 is 33.6 Å². The van der Waals surface area contributed by atoms with Crippen molar-refractivity contribution in [2.24, 2.45) is 0 Å². The van der Waals surface area contributed by atoms with Gasteiger partial charge in [-0.05, 0) is 72.6 Å². The fraction of sp³-hybridized carbons (Fsp3) is 0.238. The quantitative estimate of drug-likeness (QED) is 0.486. The van der Waals surface area contributed by atoms with Crippen molar-refractivity contribution < 1.29 is 14.3 Å². The maximum absolute atomic E-state index is 12.5. The van der Waals surface area contributed by atoms with Gasteiger partial charge in [0.1, 0.15) is 23.1 Å². The highest BCUT2D eigenvalue weighted by Gasteiger charge is 2.11. The van der Waals surface area contributed by atoms with Gasteiger partial charge in [-0.1, -0.05) is 12.1 Å².